The second-order valence-electron chi connectivity index (χ2n) is 1.43. The van der Waals surface area contributed by atoms with Crippen molar-refractivity contribution in [2.24, 2.45) is 0 Å². The quantitative estimate of drug-likeness (QED) is 0.438. The van der Waals surface area contributed by atoms with Crippen LogP contribution >= 0.6 is 12.6 Å². The third-order valence-corrected chi connectivity index (χ3v) is 1.08. The van der Waals surface area contributed by atoms with Gasteiger partial charge in [0.1, 0.15) is 0 Å². The second-order valence-corrected chi connectivity index (χ2v) is 1.88. The average Bonchev–Trinajstić information content (AvgIpc) is 1.88. The molecule has 0 aromatic carbocycles. The van der Waals surface area contributed by atoms with E-state index in [1.165, 1.54) is 19.3 Å². The molecule has 0 heterocycles. The van der Waals surface area contributed by atoms with Crippen LogP contribution in [0.2, 0.25) is 0 Å². The van der Waals surface area contributed by atoms with Gasteiger partial charge in [-0.25, -0.2) is 0 Å². The van der Waals surface area contributed by atoms with Crippen LogP contribution in [0.5, 0.6) is 0 Å². The van der Waals surface area contributed by atoms with Gasteiger partial charge in [-0.15, -0.1) is 0 Å². The third-order valence-electron chi connectivity index (χ3n) is 0.762. The zero-order chi connectivity index (χ0) is 6.83. The van der Waals surface area contributed by atoms with Gasteiger partial charge in [-0.2, -0.15) is 12.6 Å². The first-order valence-corrected chi connectivity index (χ1v) is 4.16. The minimum atomic E-state index is 0. The molecule has 0 rings (SSSR count). The van der Waals surface area contributed by atoms with Crippen LogP contribution < -0.4 is 0 Å². The van der Waals surface area contributed by atoms with Gasteiger partial charge < -0.3 is 0 Å². The molecular formula is C11H34S. The lowest BCUT2D eigenvalue weighted by molar-refractivity contribution is 0.780. The lowest BCUT2D eigenvalue weighted by Gasteiger charge is -1.85. The van der Waals surface area contributed by atoms with Crippen molar-refractivity contribution < 1.29 is 0 Å². The summed E-state index contributed by atoms with van der Waals surface area (Å²) in [6.07, 6.45) is 3.92. The molecule has 84 valence electrons. The first-order chi connectivity index (χ1) is 3.91. The average molecular weight is 198 g/mol. The minimum absolute atomic E-state index is 0. The van der Waals surface area contributed by atoms with Crippen LogP contribution in [0, 0.1) is 0 Å². The fraction of sp³-hybridized carbons (Fsp3) is 1.00. The number of hydrogen-bond acceptors (Lipinski definition) is 1. The highest BCUT2D eigenvalue weighted by Crippen LogP contribution is 1.93. The summed E-state index contributed by atoms with van der Waals surface area (Å²) in [4.78, 5) is 0. The summed E-state index contributed by atoms with van der Waals surface area (Å²) >= 11 is 4.05. The maximum absolute atomic E-state index is 4.05. The van der Waals surface area contributed by atoms with Gasteiger partial charge >= 0.3 is 0 Å². The van der Waals surface area contributed by atoms with Gasteiger partial charge in [0, 0.05) is 0 Å². The molecule has 0 saturated heterocycles. The molecule has 0 N–H and O–H groups in total. The molecule has 0 nitrogen and oxygen atoms in total. The summed E-state index contributed by atoms with van der Waals surface area (Å²) < 4.78 is 0. The summed E-state index contributed by atoms with van der Waals surface area (Å²) in [7, 11) is 0. The molecule has 0 aromatic rings. The van der Waals surface area contributed by atoms with Crippen LogP contribution in [0.4, 0.5) is 0 Å². The summed E-state index contributed by atoms with van der Waals surface area (Å²) in [5.41, 5.74) is 0. The summed E-state index contributed by atoms with van der Waals surface area (Å²) in [6, 6.07) is 0. The number of thiol groups is 1. The Bertz CT molecular complexity index is 17.0. The van der Waals surface area contributed by atoms with Crippen LogP contribution in [-0.4, -0.2) is 5.75 Å². The van der Waals surface area contributed by atoms with Crippen molar-refractivity contribution in [1.82, 2.24) is 0 Å². The van der Waals surface area contributed by atoms with E-state index >= 15 is 0 Å². The highest BCUT2D eigenvalue weighted by Gasteiger charge is 1.75. The number of unbranched alkanes of at least 4 members (excludes halogenated alkanes) is 2. The van der Waals surface area contributed by atoms with Crippen LogP contribution in [0.25, 0.3) is 0 Å². The van der Waals surface area contributed by atoms with Crippen LogP contribution in [0.1, 0.15) is 69.7 Å². The first kappa shape index (κ1) is 39.5. The molecule has 0 saturated carbocycles. The Morgan fingerprint density at radius 1 is 0.833 bits per heavy atom. The highest BCUT2D eigenvalue weighted by molar-refractivity contribution is 7.80. The SMILES string of the molecule is C.C.C.C.CC.CCCCCS. The van der Waals surface area contributed by atoms with Gasteiger partial charge in [0.05, 0.1) is 0 Å². The van der Waals surface area contributed by atoms with Crippen molar-refractivity contribution in [2.45, 2.75) is 69.7 Å². The van der Waals surface area contributed by atoms with Crippen molar-refractivity contribution >= 4 is 12.6 Å². The molecular weight excluding hydrogens is 164 g/mol. The molecule has 0 spiro atoms. The third kappa shape index (κ3) is 80.6. The molecule has 0 aliphatic carbocycles. The molecule has 0 aliphatic heterocycles. The van der Waals surface area contributed by atoms with E-state index in [0.29, 0.717) is 0 Å². The van der Waals surface area contributed by atoms with E-state index < -0.39 is 0 Å². The van der Waals surface area contributed by atoms with E-state index in [9.17, 15) is 0 Å². The number of rotatable bonds is 3. The molecule has 0 atom stereocenters. The maximum Gasteiger partial charge on any atom is -0.00979 e. The van der Waals surface area contributed by atoms with E-state index in [0.717, 1.165) is 5.75 Å². The lowest BCUT2D eigenvalue weighted by atomic mass is 10.3. The van der Waals surface area contributed by atoms with Gasteiger partial charge in [0.15, 0.2) is 0 Å². The van der Waals surface area contributed by atoms with Crippen molar-refractivity contribution in [3.63, 3.8) is 0 Å². The van der Waals surface area contributed by atoms with Gasteiger partial charge in [-0.1, -0.05) is 63.3 Å². The Morgan fingerprint density at radius 3 is 1.25 bits per heavy atom. The van der Waals surface area contributed by atoms with Gasteiger partial charge in [-0.05, 0) is 12.2 Å². The van der Waals surface area contributed by atoms with E-state index in [1.807, 2.05) is 13.8 Å². The Balaban J connectivity index is -0.0000000140. The largest absolute Gasteiger partial charge is 0.179 e. The molecule has 0 bridgehead atoms. The van der Waals surface area contributed by atoms with Crippen molar-refractivity contribution in [1.29, 1.82) is 0 Å². The summed E-state index contributed by atoms with van der Waals surface area (Å²) in [6.45, 7) is 6.20. The van der Waals surface area contributed by atoms with Gasteiger partial charge in [-0.3, -0.25) is 0 Å². The van der Waals surface area contributed by atoms with Gasteiger partial charge in [0.2, 0.25) is 0 Å². The van der Waals surface area contributed by atoms with Crippen LogP contribution in [0.15, 0.2) is 0 Å². The monoisotopic (exact) mass is 198 g/mol. The van der Waals surface area contributed by atoms with E-state index in [2.05, 4.69) is 19.6 Å². The predicted molar refractivity (Wildman–Crippen MR) is 71.7 cm³/mol. The molecule has 0 radical (unpaired) electrons. The van der Waals surface area contributed by atoms with Crippen molar-refractivity contribution in [2.75, 3.05) is 5.75 Å². The number of hydrogen-bond donors (Lipinski definition) is 1. The van der Waals surface area contributed by atoms with Crippen molar-refractivity contribution in [3.8, 4) is 0 Å². The smallest absolute Gasteiger partial charge is 0.00979 e. The topological polar surface area (TPSA) is 0 Å². The van der Waals surface area contributed by atoms with Gasteiger partial charge in [0.25, 0.3) is 0 Å². The first-order valence-electron chi connectivity index (χ1n) is 3.52. The Hall–Kier alpha value is 0.350. The zero-order valence-corrected chi connectivity index (χ0v) is 7.17. The summed E-state index contributed by atoms with van der Waals surface area (Å²) in [5.74, 6) is 1.05. The van der Waals surface area contributed by atoms with E-state index in [1.54, 1.807) is 0 Å². The minimum Gasteiger partial charge on any atom is -0.179 e. The second kappa shape index (κ2) is 64.3. The Morgan fingerprint density at radius 2 is 1.17 bits per heavy atom. The van der Waals surface area contributed by atoms with Crippen molar-refractivity contribution in [3.05, 3.63) is 0 Å². The maximum atomic E-state index is 4.05. The zero-order valence-electron chi connectivity index (χ0n) is 6.28. The molecule has 1 heteroatoms. The molecule has 0 amide bonds. The van der Waals surface area contributed by atoms with Crippen LogP contribution in [-0.2, 0) is 0 Å². The normalized spacial score (nSPS) is 5.00. The van der Waals surface area contributed by atoms with E-state index in [-0.39, 0.29) is 29.7 Å². The molecule has 0 aromatic heterocycles. The highest BCUT2D eigenvalue weighted by atomic mass is 32.1. The fourth-order valence-electron chi connectivity index (χ4n) is 0.362. The Kier molecular flexibility index (Phi) is 211. The molecule has 0 aliphatic rings. The molecule has 0 unspecified atom stereocenters. The molecule has 0 fully saturated rings. The van der Waals surface area contributed by atoms with E-state index in [4.69, 9.17) is 0 Å². The predicted octanol–water partition coefficient (Wildman–Crippen LogP) is 5.68. The van der Waals surface area contributed by atoms with Crippen LogP contribution in [0.3, 0.4) is 0 Å². The molecule has 12 heavy (non-hydrogen) atoms. The standard InChI is InChI=1S/C5H12S.C2H6.4CH4/c1-2-3-4-5-6;1-2;;;;/h6H,2-5H2,1H3;1-2H3;4*1H4. The fourth-order valence-corrected chi connectivity index (χ4v) is 0.585. The summed E-state index contributed by atoms with van der Waals surface area (Å²) in [5, 5.41) is 0. The Labute approximate surface area is 88.6 Å². The lowest BCUT2D eigenvalue weighted by Crippen LogP contribution is -1.70.